The fourth-order valence-electron chi connectivity index (χ4n) is 3.62. The molecule has 0 spiro atoms. The number of hydrogen-bond acceptors (Lipinski definition) is 7. The molecule has 35 heavy (non-hydrogen) atoms. The van der Waals surface area contributed by atoms with Crippen molar-refractivity contribution >= 4 is 29.7 Å². The first-order chi connectivity index (χ1) is 16.8. The van der Waals surface area contributed by atoms with Crippen LogP contribution in [0.3, 0.4) is 0 Å². The first kappa shape index (κ1) is 23.9. The molecule has 5 amide bonds. The molecule has 10 nitrogen and oxygen atoms in total. The van der Waals surface area contributed by atoms with Crippen molar-refractivity contribution in [2.75, 3.05) is 6.61 Å². The number of benzene rings is 2. The average molecular weight is 479 g/mol. The van der Waals surface area contributed by atoms with Crippen molar-refractivity contribution in [1.82, 2.24) is 15.5 Å². The molecule has 2 aromatic rings. The van der Waals surface area contributed by atoms with Crippen LogP contribution in [0.25, 0.3) is 0 Å². The normalized spacial score (nSPS) is 15.3. The fourth-order valence-corrected chi connectivity index (χ4v) is 3.62. The summed E-state index contributed by atoms with van der Waals surface area (Å²) in [7, 11) is 0. The van der Waals surface area contributed by atoms with Crippen LogP contribution in [-0.4, -0.2) is 53.4 Å². The number of hydrogen-bond donors (Lipinski definition) is 2. The Bertz CT molecular complexity index is 1170. The molecule has 2 N–H and O–H groups in total. The third-order valence-corrected chi connectivity index (χ3v) is 5.58. The number of amides is 5. The van der Waals surface area contributed by atoms with E-state index in [4.69, 9.17) is 9.47 Å². The van der Waals surface area contributed by atoms with E-state index in [9.17, 15) is 24.0 Å². The van der Waals surface area contributed by atoms with Crippen LogP contribution in [0.15, 0.2) is 42.5 Å². The number of rotatable bonds is 8. The van der Waals surface area contributed by atoms with Gasteiger partial charge in [-0.15, -0.1) is 0 Å². The van der Waals surface area contributed by atoms with Crippen LogP contribution >= 0.6 is 0 Å². The summed E-state index contributed by atoms with van der Waals surface area (Å²) in [6.45, 7) is 3.31. The van der Waals surface area contributed by atoms with Crippen molar-refractivity contribution in [3.05, 3.63) is 64.7 Å². The van der Waals surface area contributed by atoms with Crippen molar-refractivity contribution in [3.8, 4) is 5.75 Å². The van der Waals surface area contributed by atoms with Gasteiger partial charge in [-0.1, -0.05) is 18.2 Å². The van der Waals surface area contributed by atoms with E-state index in [2.05, 4.69) is 10.6 Å². The number of fused-ring (bicyclic) bond motifs is 1. The minimum Gasteiger partial charge on any atom is -0.493 e. The second-order valence-corrected chi connectivity index (χ2v) is 8.29. The maximum atomic E-state index is 12.9. The summed E-state index contributed by atoms with van der Waals surface area (Å²) in [6, 6.07) is 10.6. The molecule has 1 heterocycles. The van der Waals surface area contributed by atoms with E-state index in [1.54, 1.807) is 43.3 Å². The lowest BCUT2D eigenvalue weighted by molar-refractivity contribution is -0.127. The predicted octanol–water partition coefficient (Wildman–Crippen LogP) is 2.42. The topological polar surface area (TPSA) is 131 Å². The highest BCUT2D eigenvalue weighted by Crippen LogP contribution is 2.27. The Morgan fingerprint density at radius 3 is 2.31 bits per heavy atom. The summed E-state index contributed by atoms with van der Waals surface area (Å²) in [6.07, 6.45) is 0.481. The molecule has 1 atom stereocenters. The number of imide groups is 2. The first-order valence-electron chi connectivity index (χ1n) is 11.3. The molecule has 1 unspecified atom stereocenters. The number of esters is 1. The molecule has 1 aliphatic heterocycles. The molecule has 2 aliphatic rings. The minimum atomic E-state index is -1.25. The van der Waals surface area contributed by atoms with Crippen LogP contribution in [-0.2, 0) is 16.1 Å². The summed E-state index contributed by atoms with van der Waals surface area (Å²) >= 11 is 0. The Hall–Kier alpha value is -4.21. The van der Waals surface area contributed by atoms with Crippen LogP contribution < -0.4 is 15.4 Å². The van der Waals surface area contributed by atoms with Crippen molar-refractivity contribution < 1.29 is 33.4 Å². The van der Waals surface area contributed by atoms with Gasteiger partial charge in [-0.3, -0.25) is 24.6 Å². The van der Waals surface area contributed by atoms with E-state index in [1.165, 1.54) is 13.0 Å². The maximum Gasteiger partial charge on any atom is 0.342 e. The first-order valence-corrected chi connectivity index (χ1v) is 11.3. The fraction of sp³-hybridized carbons (Fsp3) is 0.320. The van der Waals surface area contributed by atoms with E-state index >= 15 is 0 Å². The Morgan fingerprint density at radius 1 is 1.06 bits per heavy atom. The summed E-state index contributed by atoms with van der Waals surface area (Å²) in [5.41, 5.74) is 1.18. The molecule has 0 saturated heterocycles. The zero-order valence-corrected chi connectivity index (χ0v) is 19.3. The summed E-state index contributed by atoms with van der Waals surface area (Å²) < 4.78 is 10.8. The minimum absolute atomic E-state index is 0.0306. The Kier molecular flexibility index (Phi) is 6.81. The Labute approximate surface area is 201 Å². The second kappa shape index (κ2) is 9.96. The van der Waals surface area contributed by atoms with E-state index in [0.717, 1.165) is 17.7 Å². The van der Waals surface area contributed by atoms with Crippen LogP contribution in [0.5, 0.6) is 5.75 Å². The number of ether oxygens (including phenoxy) is 2. The molecule has 4 rings (SSSR count). The molecular formula is C25H25N3O7. The molecular weight excluding hydrogens is 454 g/mol. The standard InChI is InChI=1S/C25H25N3O7/c1-3-34-20-11-8-15(13-28-22(30)17-6-4-5-7-18(17)23(28)31)12-19(20)24(32)35-14(2)21(29)27-25(33)26-16-9-10-16/h4-8,11-12,14,16H,3,9-10,13H2,1-2H3,(H2,26,27,29,33). The predicted molar refractivity (Wildman–Crippen MR) is 123 cm³/mol. The molecule has 0 bridgehead atoms. The Morgan fingerprint density at radius 2 is 1.71 bits per heavy atom. The van der Waals surface area contributed by atoms with E-state index in [-0.39, 0.29) is 30.5 Å². The number of carbonyl (C=O) groups excluding carboxylic acids is 5. The van der Waals surface area contributed by atoms with Gasteiger partial charge in [0, 0.05) is 6.04 Å². The summed E-state index contributed by atoms with van der Waals surface area (Å²) in [4.78, 5) is 63.4. The molecule has 1 aliphatic carbocycles. The number of nitrogens with one attached hydrogen (secondary N) is 2. The zero-order chi connectivity index (χ0) is 25.1. The van der Waals surface area contributed by atoms with Crippen molar-refractivity contribution in [2.24, 2.45) is 0 Å². The molecule has 10 heteroatoms. The molecule has 1 fully saturated rings. The van der Waals surface area contributed by atoms with E-state index in [0.29, 0.717) is 16.7 Å². The monoisotopic (exact) mass is 479 g/mol. The van der Waals surface area contributed by atoms with Gasteiger partial charge in [0.15, 0.2) is 6.10 Å². The number of urea groups is 1. The van der Waals surface area contributed by atoms with Crippen LogP contribution in [0.1, 0.15) is 63.3 Å². The van der Waals surface area contributed by atoms with Gasteiger partial charge in [0.2, 0.25) is 0 Å². The molecule has 0 radical (unpaired) electrons. The largest absolute Gasteiger partial charge is 0.493 e. The van der Waals surface area contributed by atoms with Crippen LogP contribution in [0, 0.1) is 0 Å². The number of nitrogens with zero attached hydrogens (tertiary/aromatic N) is 1. The summed E-state index contributed by atoms with van der Waals surface area (Å²) in [5, 5.41) is 4.76. The van der Waals surface area contributed by atoms with Gasteiger partial charge in [-0.05, 0) is 56.5 Å². The van der Waals surface area contributed by atoms with Crippen LogP contribution in [0.4, 0.5) is 4.79 Å². The highest BCUT2D eigenvalue weighted by molar-refractivity contribution is 6.21. The van der Waals surface area contributed by atoms with Crippen molar-refractivity contribution in [1.29, 1.82) is 0 Å². The van der Waals surface area contributed by atoms with Gasteiger partial charge in [0.1, 0.15) is 11.3 Å². The second-order valence-electron chi connectivity index (χ2n) is 8.29. The molecule has 182 valence electrons. The summed E-state index contributed by atoms with van der Waals surface area (Å²) in [5.74, 6) is -2.22. The zero-order valence-electron chi connectivity index (χ0n) is 19.3. The molecule has 0 aromatic heterocycles. The van der Waals surface area contributed by atoms with Gasteiger partial charge >= 0.3 is 12.0 Å². The number of carbonyl (C=O) groups is 5. The highest BCUT2D eigenvalue weighted by Gasteiger charge is 2.35. The van der Waals surface area contributed by atoms with Gasteiger partial charge in [0.25, 0.3) is 17.7 Å². The van der Waals surface area contributed by atoms with Gasteiger partial charge in [-0.25, -0.2) is 9.59 Å². The van der Waals surface area contributed by atoms with Crippen molar-refractivity contribution in [3.63, 3.8) is 0 Å². The van der Waals surface area contributed by atoms with E-state index in [1.807, 2.05) is 0 Å². The Balaban J connectivity index is 1.47. The van der Waals surface area contributed by atoms with Crippen molar-refractivity contribution in [2.45, 2.75) is 45.4 Å². The lowest BCUT2D eigenvalue weighted by Crippen LogP contribution is -2.45. The van der Waals surface area contributed by atoms with Gasteiger partial charge < -0.3 is 14.8 Å². The lowest BCUT2D eigenvalue weighted by Gasteiger charge is -2.17. The molecule has 1 saturated carbocycles. The van der Waals surface area contributed by atoms with E-state index < -0.39 is 35.8 Å². The SMILES string of the molecule is CCOc1ccc(CN2C(=O)c3ccccc3C2=O)cc1C(=O)OC(C)C(=O)NC(=O)NC1CC1. The average Bonchev–Trinajstić information content (AvgIpc) is 3.62. The van der Waals surface area contributed by atoms with Crippen LogP contribution in [0.2, 0.25) is 0 Å². The maximum absolute atomic E-state index is 12.9. The lowest BCUT2D eigenvalue weighted by atomic mass is 10.1. The van der Waals surface area contributed by atoms with Gasteiger partial charge in [-0.2, -0.15) is 0 Å². The third-order valence-electron chi connectivity index (χ3n) is 5.58. The highest BCUT2D eigenvalue weighted by atomic mass is 16.5. The van der Waals surface area contributed by atoms with Gasteiger partial charge in [0.05, 0.1) is 24.3 Å². The molecule has 2 aromatic carbocycles. The third kappa shape index (κ3) is 5.32. The smallest absolute Gasteiger partial charge is 0.342 e. The quantitative estimate of drug-likeness (QED) is 0.439.